The third-order valence-electron chi connectivity index (χ3n) is 6.53. The average molecular weight is 561 g/mol. The number of phenols is 1. The summed E-state index contributed by atoms with van der Waals surface area (Å²) in [7, 11) is 1.22. The minimum Gasteiger partial charge on any atom is -0.508 e. The first kappa shape index (κ1) is 28.9. The molecule has 0 amide bonds. The normalized spacial score (nSPS) is 25.3. The smallest absolute Gasteiger partial charge is 0.334 e. The van der Waals surface area contributed by atoms with Crippen LogP contribution in [0, 0.1) is 0 Å². The number of nitrogens with one attached hydrogen (secondary N) is 1. The maximum absolute atomic E-state index is 13.0. The van der Waals surface area contributed by atoms with Gasteiger partial charge in [-0.05, 0) is 36.9 Å². The molecule has 0 bridgehead atoms. The van der Waals surface area contributed by atoms with E-state index in [-0.39, 0.29) is 33.5 Å². The first-order valence-electron chi connectivity index (χ1n) is 11.9. The lowest BCUT2D eigenvalue weighted by molar-refractivity contribution is -0.320. The van der Waals surface area contributed by atoms with Crippen molar-refractivity contribution in [2.75, 3.05) is 20.3 Å². The van der Waals surface area contributed by atoms with Crippen molar-refractivity contribution in [2.24, 2.45) is 0 Å². The van der Waals surface area contributed by atoms with Gasteiger partial charge in [0.1, 0.15) is 53.9 Å². The summed E-state index contributed by atoms with van der Waals surface area (Å²) in [5.41, 5.74) is -2.07. The second-order valence-electron chi connectivity index (χ2n) is 9.07. The Morgan fingerprint density at radius 2 is 1.82 bits per heavy atom. The molecular formula is C26H27NO13. The van der Waals surface area contributed by atoms with Crippen LogP contribution >= 0.6 is 0 Å². The van der Waals surface area contributed by atoms with Gasteiger partial charge >= 0.3 is 11.9 Å². The predicted octanol–water partition coefficient (Wildman–Crippen LogP) is -1.07. The minimum atomic E-state index is -2.57. The molecule has 0 saturated carbocycles. The Labute approximate surface area is 225 Å². The third-order valence-corrected chi connectivity index (χ3v) is 6.53. The van der Waals surface area contributed by atoms with E-state index in [1.165, 1.54) is 43.6 Å². The number of carboxylic acid groups (broad SMARTS) is 1. The molecule has 6 atom stereocenters. The first-order valence-corrected chi connectivity index (χ1v) is 11.9. The van der Waals surface area contributed by atoms with E-state index in [1.54, 1.807) is 12.1 Å². The van der Waals surface area contributed by atoms with Gasteiger partial charge in [-0.1, -0.05) is 12.1 Å². The highest BCUT2D eigenvalue weighted by molar-refractivity contribution is 5.98. The molecule has 0 unspecified atom stereocenters. The Bertz CT molecular complexity index is 1440. The second kappa shape index (κ2) is 11.6. The van der Waals surface area contributed by atoms with Crippen molar-refractivity contribution in [2.45, 2.75) is 36.2 Å². The van der Waals surface area contributed by atoms with Gasteiger partial charge in [0.05, 0.1) is 17.6 Å². The number of carboxylic acids is 1. The Kier molecular flexibility index (Phi) is 8.39. The average Bonchev–Trinajstić information content (AvgIpc) is 2.93. The molecule has 214 valence electrons. The summed E-state index contributed by atoms with van der Waals surface area (Å²) in [6, 6.07) is 8.32. The molecule has 7 N–H and O–H groups in total. The summed E-state index contributed by atoms with van der Waals surface area (Å²) in [4.78, 5) is 36.2. The second-order valence-corrected chi connectivity index (χ2v) is 9.07. The highest BCUT2D eigenvalue weighted by Gasteiger charge is 2.56. The van der Waals surface area contributed by atoms with Gasteiger partial charge < -0.3 is 49.3 Å². The molecule has 1 aliphatic rings. The Balaban J connectivity index is 1.56. The number of phenolic OH excluding ortho intramolecular Hbond substituents is 1. The zero-order valence-corrected chi connectivity index (χ0v) is 21.0. The van der Waals surface area contributed by atoms with E-state index in [0.29, 0.717) is 5.56 Å². The molecule has 40 heavy (non-hydrogen) atoms. The van der Waals surface area contributed by atoms with Crippen molar-refractivity contribution in [3.63, 3.8) is 0 Å². The van der Waals surface area contributed by atoms with Gasteiger partial charge in [0.15, 0.2) is 5.43 Å². The summed E-state index contributed by atoms with van der Waals surface area (Å²) < 4.78 is 21.6. The number of carbonyl (C=O) groups is 2. The van der Waals surface area contributed by atoms with Crippen molar-refractivity contribution in [3.8, 4) is 22.6 Å². The molecule has 0 aliphatic carbocycles. The molecule has 1 aliphatic heterocycles. The lowest BCUT2D eigenvalue weighted by Gasteiger charge is -2.46. The highest BCUT2D eigenvalue weighted by atomic mass is 16.7. The maximum atomic E-state index is 13.0. The van der Waals surface area contributed by atoms with Gasteiger partial charge in [0, 0.05) is 6.07 Å². The van der Waals surface area contributed by atoms with Crippen LogP contribution in [0.15, 0.2) is 57.9 Å². The van der Waals surface area contributed by atoms with E-state index >= 15 is 0 Å². The molecule has 14 heteroatoms. The number of benzene rings is 2. The summed E-state index contributed by atoms with van der Waals surface area (Å²) in [6.45, 7) is -1.89. The van der Waals surface area contributed by atoms with E-state index in [0.717, 1.165) is 0 Å². The Hall–Kier alpha value is -4.05. The fourth-order valence-electron chi connectivity index (χ4n) is 4.21. The minimum absolute atomic E-state index is 0.00521. The Morgan fingerprint density at radius 3 is 2.45 bits per heavy atom. The SMILES string of the molecule is CN[C@H](C(=O)O)C(=O)OC[C@@H]1O[C@H](Oc2ccc3c(=O)c(-c4ccc(O)cc4)coc3c2)[C@@H](O)[C@@](O)(CO)[C@H]1O. The van der Waals surface area contributed by atoms with Gasteiger partial charge in [0.2, 0.25) is 12.3 Å². The zero-order chi connectivity index (χ0) is 29.2. The number of aliphatic hydroxyl groups excluding tert-OH is 3. The number of fused-ring (bicyclic) bond motifs is 1. The van der Waals surface area contributed by atoms with E-state index in [4.69, 9.17) is 23.7 Å². The van der Waals surface area contributed by atoms with Crippen LogP contribution in [0.1, 0.15) is 0 Å². The molecule has 4 rings (SSSR count). The number of aliphatic hydroxyl groups is 4. The standard InChI is InChI=1S/C26H27NO13/c1-27-19(23(33)34)24(35)38-10-18-21(31)26(36,11-28)22(32)25(40-18)39-14-6-7-15-17(8-14)37-9-16(20(15)30)12-2-4-13(29)5-3-12/h2-9,18-19,21-22,25,27-29,31-32,36H,10-11H2,1H3,(H,33,34)/t18-,19+,21-,22+,25-,26+/m0/s1. The molecule has 14 nitrogen and oxygen atoms in total. The molecular weight excluding hydrogens is 534 g/mol. The molecule has 1 saturated heterocycles. The summed E-state index contributed by atoms with van der Waals surface area (Å²) in [5.74, 6) is -2.69. The molecule has 1 aromatic heterocycles. The number of hydrogen-bond acceptors (Lipinski definition) is 13. The van der Waals surface area contributed by atoms with E-state index in [1.807, 2.05) is 0 Å². The summed E-state index contributed by atoms with van der Waals surface area (Å²) in [5, 5.41) is 62.7. The monoisotopic (exact) mass is 561 g/mol. The topological polar surface area (TPSA) is 225 Å². The largest absolute Gasteiger partial charge is 0.508 e. The molecule has 0 spiro atoms. The zero-order valence-electron chi connectivity index (χ0n) is 21.0. The van der Waals surface area contributed by atoms with E-state index in [9.17, 15) is 39.9 Å². The van der Waals surface area contributed by atoms with Crippen LogP contribution in [-0.4, -0.2) is 99.1 Å². The number of carbonyl (C=O) groups excluding carboxylic acids is 1. The van der Waals surface area contributed by atoms with Crippen LogP contribution in [0.3, 0.4) is 0 Å². The maximum Gasteiger partial charge on any atom is 0.334 e. The van der Waals surface area contributed by atoms with Gasteiger partial charge in [-0.15, -0.1) is 0 Å². The fourth-order valence-corrected chi connectivity index (χ4v) is 4.21. The molecule has 2 heterocycles. The lowest BCUT2D eigenvalue weighted by atomic mass is 9.85. The highest BCUT2D eigenvalue weighted by Crippen LogP contribution is 2.33. The van der Waals surface area contributed by atoms with Crippen molar-refractivity contribution >= 4 is 22.9 Å². The van der Waals surface area contributed by atoms with Crippen molar-refractivity contribution in [1.82, 2.24) is 5.32 Å². The number of aromatic hydroxyl groups is 1. The number of rotatable bonds is 9. The van der Waals surface area contributed by atoms with Gasteiger partial charge in [-0.25, -0.2) is 9.59 Å². The number of aliphatic carboxylic acids is 1. The van der Waals surface area contributed by atoms with E-state index < -0.39 is 61.4 Å². The molecule has 0 radical (unpaired) electrons. The summed E-state index contributed by atoms with van der Waals surface area (Å²) in [6.07, 6.45) is -6.00. The van der Waals surface area contributed by atoms with Gasteiger partial charge in [-0.3, -0.25) is 10.1 Å². The third kappa shape index (κ3) is 5.49. The van der Waals surface area contributed by atoms with Crippen LogP contribution in [0.4, 0.5) is 0 Å². The van der Waals surface area contributed by atoms with Gasteiger partial charge in [0.25, 0.3) is 0 Å². The van der Waals surface area contributed by atoms with Crippen molar-refractivity contribution in [3.05, 3.63) is 59.0 Å². The van der Waals surface area contributed by atoms with Crippen molar-refractivity contribution < 1.29 is 58.9 Å². The predicted molar refractivity (Wildman–Crippen MR) is 134 cm³/mol. The molecule has 3 aromatic rings. The number of ether oxygens (including phenoxy) is 3. The fraction of sp³-hybridized carbons (Fsp3) is 0.346. The lowest BCUT2D eigenvalue weighted by Crippen LogP contribution is -2.70. The van der Waals surface area contributed by atoms with E-state index in [2.05, 4.69) is 5.32 Å². The van der Waals surface area contributed by atoms with Crippen LogP contribution in [-0.2, 0) is 19.1 Å². The van der Waals surface area contributed by atoms with Crippen LogP contribution in [0.25, 0.3) is 22.1 Å². The number of likely N-dealkylation sites (N-methyl/N-ethyl adjacent to an activating group) is 1. The van der Waals surface area contributed by atoms with Crippen LogP contribution < -0.4 is 15.5 Å². The quantitative estimate of drug-likeness (QED) is 0.122. The Morgan fingerprint density at radius 1 is 1.12 bits per heavy atom. The number of hydrogen-bond donors (Lipinski definition) is 7. The molecule has 2 aromatic carbocycles. The summed E-state index contributed by atoms with van der Waals surface area (Å²) >= 11 is 0. The van der Waals surface area contributed by atoms with Crippen LogP contribution in [0.2, 0.25) is 0 Å². The van der Waals surface area contributed by atoms with Gasteiger partial charge in [-0.2, -0.15) is 0 Å². The number of esters is 1. The van der Waals surface area contributed by atoms with Crippen molar-refractivity contribution in [1.29, 1.82) is 0 Å². The van der Waals surface area contributed by atoms with Crippen LogP contribution in [0.5, 0.6) is 11.5 Å². The molecule has 1 fully saturated rings. The first-order chi connectivity index (χ1) is 19.0.